The van der Waals surface area contributed by atoms with Crippen molar-refractivity contribution in [3.05, 3.63) is 58.6 Å². The molecule has 0 bridgehead atoms. The zero-order chi connectivity index (χ0) is 19.8. The molecule has 0 saturated carbocycles. The zero-order valence-electron chi connectivity index (χ0n) is 15.2. The first-order valence-electron chi connectivity index (χ1n) is 7.96. The van der Waals surface area contributed by atoms with Gasteiger partial charge in [-0.15, -0.1) is 0 Å². The molecule has 2 aromatic carbocycles. The Hall–Kier alpha value is -3.17. The predicted octanol–water partition coefficient (Wildman–Crippen LogP) is 3.76. The van der Waals surface area contributed by atoms with Gasteiger partial charge in [0.2, 0.25) is 11.7 Å². The maximum Gasteiger partial charge on any atom is 0.245 e. The molecule has 1 atom stereocenters. The summed E-state index contributed by atoms with van der Waals surface area (Å²) in [5, 5.41) is 12.7. The highest BCUT2D eigenvalue weighted by molar-refractivity contribution is 6.30. The Kier molecular flexibility index (Phi) is 7.09. The van der Waals surface area contributed by atoms with E-state index in [4.69, 9.17) is 25.8 Å². The van der Waals surface area contributed by atoms with E-state index < -0.39 is 11.9 Å². The van der Waals surface area contributed by atoms with Gasteiger partial charge in [-0.3, -0.25) is 4.79 Å². The fourth-order valence-corrected chi connectivity index (χ4v) is 2.63. The first-order chi connectivity index (χ1) is 13.0. The number of nitrogens with zero attached hydrogens (tertiary/aromatic N) is 1. The molecule has 0 aliphatic heterocycles. The molecule has 0 aliphatic rings. The number of hydrogen-bond acceptors (Lipinski definition) is 5. The summed E-state index contributed by atoms with van der Waals surface area (Å²) < 4.78 is 15.8. The van der Waals surface area contributed by atoms with Crippen molar-refractivity contribution >= 4 is 23.6 Å². The summed E-state index contributed by atoms with van der Waals surface area (Å²) in [6, 6.07) is 11.5. The summed E-state index contributed by atoms with van der Waals surface area (Å²) in [5.74, 6) is 0.787. The minimum atomic E-state index is -0.893. The van der Waals surface area contributed by atoms with Crippen LogP contribution in [-0.4, -0.2) is 27.2 Å². The molecule has 1 unspecified atom stereocenters. The monoisotopic (exact) mass is 386 g/mol. The average molecular weight is 387 g/mol. The normalized spacial score (nSPS) is 11.5. The number of nitriles is 1. The lowest BCUT2D eigenvalue weighted by molar-refractivity contribution is -0.116. The minimum Gasteiger partial charge on any atom is -0.493 e. The number of hydrogen-bond donors (Lipinski definition) is 1. The molecular weight excluding hydrogens is 368 g/mol. The van der Waals surface area contributed by atoms with E-state index in [1.807, 2.05) is 6.07 Å². The van der Waals surface area contributed by atoms with Crippen LogP contribution in [0.3, 0.4) is 0 Å². The number of carbonyl (C=O) groups is 1. The van der Waals surface area contributed by atoms with Crippen LogP contribution in [0.25, 0.3) is 6.08 Å². The molecule has 2 rings (SSSR count). The van der Waals surface area contributed by atoms with Crippen LogP contribution in [0.2, 0.25) is 5.02 Å². The largest absolute Gasteiger partial charge is 0.493 e. The summed E-state index contributed by atoms with van der Waals surface area (Å²) in [4.78, 5) is 12.2. The van der Waals surface area contributed by atoms with Gasteiger partial charge in [-0.05, 0) is 41.5 Å². The highest BCUT2D eigenvalue weighted by atomic mass is 35.5. The molecule has 0 heterocycles. The van der Waals surface area contributed by atoms with Crippen molar-refractivity contribution < 1.29 is 19.0 Å². The summed E-state index contributed by atoms with van der Waals surface area (Å²) in [6.45, 7) is 0. The van der Waals surface area contributed by atoms with Gasteiger partial charge in [0, 0.05) is 11.1 Å². The number of methoxy groups -OCH3 is 3. The molecule has 0 fully saturated rings. The van der Waals surface area contributed by atoms with E-state index in [9.17, 15) is 10.1 Å². The van der Waals surface area contributed by atoms with Gasteiger partial charge < -0.3 is 19.5 Å². The number of benzene rings is 2. The average Bonchev–Trinajstić information content (AvgIpc) is 2.69. The molecule has 0 radical (unpaired) electrons. The Bertz CT molecular complexity index is 865. The third kappa shape index (κ3) is 5.16. The summed E-state index contributed by atoms with van der Waals surface area (Å²) in [7, 11) is 4.45. The lowest BCUT2D eigenvalue weighted by atomic mass is 10.1. The van der Waals surface area contributed by atoms with E-state index in [1.54, 1.807) is 36.4 Å². The molecule has 0 aromatic heterocycles. The summed E-state index contributed by atoms with van der Waals surface area (Å²) >= 11 is 5.92. The molecule has 0 saturated heterocycles. The second-order valence-corrected chi connectivity index (χ2v) is 5.85. The minimum absolute atomic E-state index is 0.399. The van der Waals surface area contributed by atoms with Crippen LogP contribution in [0.1, 0.15) is 17.2 Å². The summed E-state index contributed by atoms with van der Waals surface area (Å²) in [5.41, 5.74) is 1.29. The number of halogens is 1. The second kappa shape index (κ2) is 9.51. The van der Waals surface area contributed by atoms with Gasteiger partial charge in [0.1, 0.15) is 6.04 Å². The van der Waals surface area contributed by atoms with Crippen molar-refractivity contribution in [3.8, 4) is 23.3 Å². The number of amides is 1. The number of ether oxygens (including phenoxy) is 3. The first-order valence-corrected chi connectivity index (χ1v) is 8.33. The Morgan fingerprint density at radius 3 is 2.33 bits per heavy atom. The van der Waals surface area contributed by atoms with E-state index >= 15 is 0 Å². The third-order valence-electron chi connectivity index (χ3n) is 3.71. The molecular formula is C20H19ClN2O4. The Balaban J connectivity index is 2.21. The molecule has 1 N–H and O–H groups in total. The molecule has 140 valence electrons. The maximum atomic E-state index is 12.2. The highest BCUT2D eigenvalue weighted by Gasteiger charge is 2.19. The lowest BCUT2D eigenvalue weighted by Crippen LogP contribution is -2.25. The van der Waals surface area contributed by atoms with E-state index in [0.717, 1.165) is 5.56 Å². The number of carbonyl (C=O) groups excluding carboxylic acids is 1. The van der Waals surface area contributed by atoms with Crippen LogP contribution in [0.5, 0.6) is 17.2 Å². The van der Waals surface area contributed by atoms with Gasteiger partial charge in [0.15, 0.2) is 11.5 Å². The van der Waals surface area contributed by atoms with Gasteiger partial charge in [0.05, 0.1) is 27.4 Å². The Morgan fingerprint density at radius 1 is 1.15 bits per heavy atom. The van der Waals surface area contributed by atoms with Crippen LogP contribution in [0.4, 0.5) is 0 Å². The van der Waals surface area contributed by atoms with Gasteiger partial charge in [0.25, 0.3) is 0 Å². The number of rotatable bonds is 7. The van der Waals surface area contributed by atoms with Crippen molar-refractivity contribution in [2.75, 3.05) is 21.3 Å². The molecule has 0 aliphatic carbocycles. The van der Waals surface area contributed by atoms with Gasteiger partial charge in [-0.25, -0.2) is 0 Å². The molecule has 6 nitrogen and oxygen atoms in total. The van der Waals surface area contributed by atoms with Crippen LogP contribution in [-0.2, 0) is 4.79 Å². The van der Waals surface area contributed by atoms with Crippen molar-refractivity contribution in [1.29, 1.82) is 5.26 Å². The van der Waals surface area contributed by atoms with Gasteiger partial charge >= 0.3 is 0 Å². The highest BCUT2D eigenvalue weighted by Crippen LogP contribution is 2.39. The zero-order valence-corrected chi connectivity index (χ0v) is 15.9. The fourth-order valence-electron chi connectivity index (χ4n) is 2.43. The Labute approximate surface area is 162 Å². The summed E-state index contributed by atoms with van der Waals surface area (Å²) in [6.07, 6.45) is 2.96. The SMILES string of the molecule is COc1cc(C(C#N)NC(=O)/C=C/c2cccc(Cl)c2)cc(OC)c1OC. The van der Waals surface area contributed by atoms with Crippen LogP contribution < -0.4 is 19.5 Å². The maximum absolute atomic E-state index is 12.2. The molecule has 2 aromatic rings. The topological polar surface area (TPSA) is 80.6 Å². The molecule has 27 heavy (non-hydrogen) atoms. The first kappa shape index (κ1) is 20.1. The van der Waals surface area contributed by atoms with Gasteiger partial charge in [-0.2, -0.15) is 5.26 Å². The second-order valence-electron chi connectivity index (χ2n) is 5.42. The van der Waals surface area contributed by atoms with Crippen LogP contribution in [0.15, 0.2) is 42.5 Å². The lowest BCUT2D eigenvalue weighted by Gasteiger charge is -2.16. The fraction of sp³-hybridized carbons (Fsp3) is 0.200. The van der Waals surface area contributed by atoms with E-state index in [2.05, 4.69) is 11.4 Å². The smallest absolute Gasteiger partial charge is 0.245 e. The quantitative estimate of drug-likeness (QED) is 0.733. The van der Waals surface area contributed by atoms with Crippen molar-refractivity contribution in [3.63, 3.8) is 0 Å². The standard InChI is InChI=1S/C20H19ClN2O4/c1-25-17-10-14(11-18(26-2)20(17)27-3)16(12-22)23-19(24)8-7-13-5-4-6-15(21)9-13/h4-11,16H,1-3H3,(H,23,24)/b8-7+. The molecule has 0 spiro atoms. The van der Waals surface area contributed by atoms with Crippen molar-refractivity contribution in [2.45, 2.75) is 6.04 Å². The van der Waals surface area contributed by atoms with E-state index in [1.165, 1.54) is 27.4 Å². The van der Waals surface area contributed by atoms with E-state index in [-0.39, 0.29) is 0 Å². The molecule has 7 heteroatoms. The third-order valence-corrected chi connectivity index (χ3v) is 3.95. The van der Waals surface area contributed by atoms with Gasteiger partial charge in [-0.1, -0.05) is 23.7 Å². The predicted molar refractivity (Wildman–Crippen MR) is 103 cm³/mol. The number of nitrogens with one attached hydrogen (secondary N) is 1. The van der Waals surface area contributed by atoms with E-state index in [0.29, 0.717) is 27.8 Å². The van der Waals surface area contributed by atoms with Crippen LogP contribution >= 0.6 is 11.6 Å². The molecule has 1 amide bonds. The van der Waals surface area contributed by atoms with Crippen LogP contribution in [0, 0.1) is 11.3 Å². The Morgan fingerprint density at radius 2 is 1.81 bits per heavy atom. The van der Waals surface area contributed by atoms with Crippen molar-refractivity contribution in [2.24, 2.45) is 0 Å². The van der Waals surface area contributed by atoms with Crippen molar-refractivity contribution in [1.82, 2.24) is 5.32 Å².